The van der Waals surface area contributed by atoms with E-state index in [-0.39, 0.29) is 12.1 Å². The van der Waals surface area contributed by atoms with Gasteiger partial charge < -0.3 is 9.47 Å². The molecule has 0 N–H and O–H groups in total. The van der Waals surface area contributed by atoms with Crippen molar-refractivity contribution in [3.63, 3.8) is 0 Å². The highest BCUT2D eigenvalue weighted by molar-refractivity contribution is 5.92. The molecule has 49 heavy (non-hydrogen) atoms. The Labute approximate surface area is 291 Å². The van der Waals surface area contributed by atoms with E-state index in [2.05, 4.69) is 34.0 Å². The van der Waals surface area contributed by atoms with Gasteiger partial charge in [0.2, 0.25) is 0 Å². The molecule has 0 radical (unpaired) electrons. The van der Waals surface area contributed by atoms with Crippen LogP contribution in [0.5, 0.6) is 5.75 Å². The molecule has 0 saturated heterocycles. The predicted molar refractivity (Wildman–Crippen MR) is 195 cm³/mol. The van der Waals surface area contributed by atoms with E-state index >= 15 is 0 Å². The maximum absolute atomic E-state index is 12.7. The van der Waals surface area contributed by atoms with Gasteiger partial charge in [-0.1, -0.05) is 71.6 Å². The number of ether oxygens (including phenoxy) is 2. The predicted octanol–water partition coefficient (Wildman–Crippen LogP) is 11.6. The quantitative estimate of drug-likeness (QED) is 0.0404. The Morgan fingerprint density at radius 1 is 0.633 bits per heavy atom. The van der Waals surface area contributed by atoms with Crippen LogP contribution < -0.4 is 4.74 Å². The number of hydrogen-bond donors (Lipinski definition) is 0. The minimum absolute atomic E-state index is 0.141. The molecule has 0 unspecified atom stereocenters. The molecular formula is C41H50N4O4. The molecule has 4 aromatic rings. The fourth-order valence-electron chi connectivity index (χ4n) is 5.37. The standard InChI is InChI=1S/C41H50N4O4/c1-4-6-8-10-11-12-14-16-32-29-42-39(43-30-32)33-17-23-36(24-18-33)44-45-37-25-19-34(20-26-37)41(47)49-38-27-21-35(22-28-38)40(46)48-31(3)15-13-9-7-5-2/h17-31H,4-16H2,1-3H3/t31-/m0/s1. The van der Waals surface area contributed by atoms with E-state index in [0.717, 1.165) is 31.2 Å². The fraction of sp³-hybridized carbons (Fsp3) is 0.415. The van der Waals surface area contributed by atoms with Crippen molar-refractivity contribution in [1.82, 2.24) is 9.97 Å². The number of aromatic nitrogens is 2. The zero-order valence-electron chi connectivity index (χ0n) is 29.3. The van der Waals surface area contributed by atoms with Crippen molar-refractivity contribution < 1.29 is 19.1 Å². The summed E-state index contributed by atoms with van der Waals surface area (Å²) >= 11 is 0. The summed E-state index contributed by atoms with van der Waals surface area (Å²) in [5.41, 5.74) is 4.17. The second-order valence-electron chi connectivity index (χ2n) is 12.6. The summed E-state index contributed by atoms with van der Waals surface area (Å²) in [7, 11) is 0. The van der Waals surface area contributed by atoms with Crippen LogP contribution in [0, 0.1) is 0 Å². The average Bonchev–Trinajstić information content (AvgIpc) is 3.13. The summed E-state index contributed by atoms with van der Waals surface area (Å²) < 4.78 is 11.0. The van der Waals surface area contributed by atoms with Crippen LogP contribution in [0.2, 0.25) is 0 Å². The van der Waals surface area contributed by atoms with Gasteiger partial charge in [0.25, 0.3) is 0 Å². The van der Waals surface area contributed by atoms with E-state index in [1.807, 2.05) is 43.6 Å². The topological polar surface area (TPSA) is 103 Å². The lowest BCUT2D eigenvalue weighted by molar-refractivity contribution is 0.0319. The number of carbonyl (C=O) groups is 2. The lowest BCUT2D eigenvalue weighted by atomic mass is 10.1. The van der Waals surface area contributed by atoms with E-state index in [0.29, 0.717) is 34.1 Å². The molecule has 0 fully saturated rings. The van der Waals surface area contributed by atoms with Crippen molar-refractivity contribution in [3.05, 3.63) is 102 Å². The Kier molecular flexibility index (Phi) is 15.6. The third-order valence-corrected chi connectivity index (χ3v) is 8.36. The number of esters is 2. The summed E-state index contributed by atoms with van der Waals surface area (Å²) in [6.45, 7) is 6.33. The molecule has 1 atom stereocenters. The number of rotatable bonds is 20. The Bertz CT molecular complexity index is 1590. The van der Waals surface area contributed by atoms with E-state index in [4.69, 9.17) is 9.47 Å². The van der Waals surface area contributed by atoms with E-state index in [1.54, 1.807) is 48.5 Å². The number of nitrogens with zero attached hydrogens (tertiary/aromatic N) is 4. The number of aryl methyl sites for hydroxylation is 1. The first kappa shape index (κ1) is 37.1. The van der Waals surface area contributed by atoms with Crippen LogP contribution in [0.1, 0.15) is 124 Å². The molecule has 4 rings (SSSR count). The highest BCUT2D eigenvalue weighted by atomic mass is 16.5. The van der Waals surface area contributed by atoms with Gasteiger partial charge in [0.15, 0.2) is 5.82 Å². The Balaban J connectivity index is 1.21. The van der Waals surface area contributed by atoms with Crippen molar-refractivity contribution in [3.8, 4) is 17.1 Å². The van der Waals surface area contributed by atoms with Crippen LogP contribution in [-0.4, -0.2) is 28.0 Å². The number of hydrogen-bond acceptors (Lipinski definition) is 8. The zero-order chi connectivity index (χ0) is 34.7. The Hall–Kier alpha value is -4.72. The van der Waals surface area contributed by atoms with Crippen LogP contribution in [0.3, 0.4) is 0 Å². The summed E-state index contributed by atoms with van der Waals surface area (Å²) in [6.07, 6.45) is 19.2. The van der Waals surface area contributed by atoms with Gasteiger partial charge >= 0.3 is 11.9 Å². The maximum Gasteiger partial charge on any atom is 0.343 e. The smallest absolute Gasteiger partial charge is 0.343 e. The molecule has 1 heterocycles. The third kappa shape index (κ3) is 13.0. The molecule has 0 spiro atoms. The molecule has 0 aliphatic rings. The van der Waals surface area contributed by atoms with Crippen LogP contribution in [0.15, 0.2) is 95.4 Å². The summed E-state index contributed by atoms with van der Waals surface area (Å²) in [5.74, 6) is 0.134. The summed E-state index contributed by atoms with van der Waals surface area (Å²) in [5, 5.41) is 8.63. The second-order valence-corrected chi connectivity index (χ2v) is 12.6. The SMILES string of the molecule is CCCCCCCCCc1cnc(-c2ccc(N=Nc3ccc(C(=O)Oc4ccc(C(=O)O[C@@H](C)CCCCCC)cc4)cc3)cc2)nc1. The van der Waals surface area contributed by atoms with Gasteiger partial charge in [0, 0.05) is 18.0 Å². The van der Waals surface area contributed by atoms with Gasteiger partial charge in [0.1, 0.15) is 5.75 Å². The van der Waals surface area contributed by atoms with E-state index in [9.17, 15) is 9.59 Å². The number of carbonyl (C=O) groups excluding carboxylic acids is 2. The third-order valence-electron chi connectivity index (χ3n) is 8.36. The van der Waals surface area contributed by atoms with Gasteiger partial charge in [-0.15, -0.1) is 0 Å². The molecule has 0 aliphatic carbocycles. The van der Waals surface area contributed by atoms with Gasteiger partial charge in [-0.3, -0.25) is 0 Å². The van der Waals surface area contributed by atoms with Crippen molar-refractivity contribution >= 4 is 23.3 Å². The molecular weight excluding hydrogens is 612 g/mol. The largest absolute Gasteiger partial charge is 0.459 e. The number of benzene rings is 3. The fourth-order valence-corrected chi connectivity index (χ4v) is 5.37. The Morgan fingerprint density at radius 2 is 1.14 bits per heavy atom. The maximum atomic E-state index is 12.7. The van der Waals surface area contributed by atoms with Crippen LogP contribution in [0.4, 0.5) is 11.4 Å². The lowest BCUT2D eigenvalue weighted by Crippen LogP contribution is -2.15. The molecule has 1 aromatic heterocycles. The highest BCUT2D eigenvalue weighted by Crippen LogP contribution is 2.23. The first-order valence-electron chi connectivity index (χ1n) is 17.9. The second kappa shape index (κ2) is 20.6. The van der Waals surface area contributed by atoms with Crippen molar-refractivity contribution in [2.75, 3.05) is 0 Å². The Morgan fingerprint density at radius 3 is 1.76 bits per heavy atom. The summed E-state index contributed by atoms with van der Waals surface area (Å²) in [4.78, 5) is 34.3. The van der Waals surface area contributed by atoms with Crippen molar-refractivity contribution in [2.24, 2.45) is 10.2 Å². The first-order valence-corrected chi connectivity index (χ1v) is 17.9. The zero-order valence-corrected chi connectivity index (χ0v) is 29.3. The molecule has 8 nitrogen and oxygen atoms in total. The van der Waals surface area contributed by atoms with Gasteiger partial charge in [-0.05, 0) is 111 Å². The van der Waals surface area contributed by atoms with Gasteiger partial charge in [0.05, 0.1) is 28.6 Å². The van der Waals surface area contributed by atoms with Crippen LogP contribution in [0.25, 0.3) is 11.4 Å². The molecule has 0 aliphatic heterocycles. The minimum Gasteiger partial charge on any atom is -0.459 e. The van der Waals surface area contributed by atoms with Crippen molar-refractivity contribution in [2.45, 2.75) is 110 Å². The molecule has 0 saturated carbocycles. The molecule has 0 bridgehead atoms. The monoisotopic (exact) mass is 662 g/mol. The molecule has 0 amide bonds. The molecule has 258 valence electrons. The highest BCUT2D eigenvalue weighted by Gasteiger charge is 2.14. The molecule has 3 aromatic carbocycles. The lowest BCUT2D eigenvalue weighted by Gasteiger charge is -2.13. The van der Waals surface area contributed by atoms with Gasteiger partial charge in [-0.25, -0.2) is 19.6 Å². The molecule has 8 heteroatoms. The van der Waals surface area contributed by atoms with E-state index < -0.39 is 5.97 Å². The van der Waals surface area contributed by atoms with Crippen LogP contribution in [-0.2, 0) is 11.2 Å². The number of azo groups is 1. The van der Waals surface area contributed by atoms with Crippen molar-refractivity contribution in [1.29, 1.82) is 0 Å². The van der Waals surface area contributed by atoms with Crippen LogP contribution >= 0.6 is 0 Å². The minimum atomic E-state index is -0.511. The van der Waals surface area contributed by atoms with E-state index in [1.165, 1.54) is 63.4 Å². The first-order chi connectivity index (χ1) is 23.9. The average molecular weight is 663 g/mol. The number of unbranched alkanes of at least 4 members (excludes halogenated alkanes) is 9. The normalized spacial score (nSPS) is 11.8. The summed E-state index contributed by atoms with van der Waals surface area (Å²) in [6, 6.07) is 20.7. The van der Waals surface area contributed by atoms with Gasteiger partial charge in [-0.2, -0.15) is 10.2 Å².